The monoisotopic (exact) mass is 312 g/mol. The Morgan fingerprint density at radius 3 is 1.61 bits per heavy atom. The summed E-state index contributed by atoms with van der Waals surface area (Å²) in [5.74, 6) is 12.7. The second-order valence-electron chi connectivity index (χ2n) is 4.92. The number of halogens is 1. The van der Waals surface area contributed by atoms with Gasteiger partial charge in [0.2, 0.25) is 0 Å². The fourth-order valence-electron chi connectivity index (χ4n) is 2.05. The van der Waals surface area contributed by atoms with Crippen LogP contribution in [0, 0.1) is 23.7 Å². The van der Waals surface area contributed by atoms with Crippen molar-refractivity contribution in [2.45, 2.75) is 0 Å². The zero-order valence-electron chi connectivity index (χ0n) is 12.4. The minimum atomic E-state index is 0.660. The molecule has 0 atom stereocenters. The molecule has 3 aromatic rings. The van der Waals surface area contributed by atoms with Gasteiger partial charge in [0.15, 0.2) is 0 Å². The van der Waals surface area contributed by atoms with Crippen molar-refractivity contribution < 1.29 is 0 Å². The van der Waals surface area contributed by atoms with Crippen molar-refractivity contribution in [3.8, 4) is 23.7 Å². The molecule has 0 saturated heterocycles. The van der Waals surface area contributed by atoms with E-state index in [1.807, 2.05) is 78.9 Å². The molecule has 0 fully saturated rings. The predicted molar refractivity (Wildman–Crippen MR) is 96.3 cm³/mol. The molecule has 0 bridgehead atoms. The van der Waals surface area contributed by atoms with Crippen LogP contribution in [0.15, 0.2) is 78.9 Å². The summed E-state index contributed by atoms with van der Waals surface area (Å²) < 4.78 is 0. The lowest BCUT2D eigenvalue weighted by Crippen LogP contribution is -1.84. The van der Waals surface area contributed by atoms with Gasteiger partial charge >= 0.3 is 0 Å². The van der Waals surface area contributed by atoms with Crippen molar-refractivity contribution in [2.24, 2.45) is 0 Å². The molecule has 0 aliphatic heterocycles. The van der Waals surface area contributed by atoms with Crippen molar-refractivity contribution in [2.75, 3.05) is 0 Å². The molecule has 0 nitrogen and oxygen atoms in total. The second-order valence-corrected chi connectivity index (χ2v) is 5.36. The zero-order valence-corrected chi connectivity index (χ0v) is 13.1. The summed E-state index contributed by atoms with van der Waals surface area (Å²) in [6, 6.07) is 25.4. The van der Waals surface area contributed by atoms with E-state index >= 15 is 0 Å². The lowest BCUT2D eigenvalue weighted by atomic mass is 10.1. The largest absolute Gasteiger partial charge is 0.0843 e. The maximum atomic E-state index is 6.10. The van der Waals surface area contributed by atoms with Gasteiger partial charge in [-0.25, -0.2) is 0 Å². The molecule has 0 saturated carbocycles. The highest BCUT2D eigenvalue weighted by molar-refractivity contribution is 6.30. The summed E-state index contributed by atoms with van der Waals surface area (Å²) in [4.78, 5) is 0. The molecule has 0 N–H and O–H groups in total. The first-order valence-corrected chi connectivity index (χ1v) is 7.63. The van der Waals surface area contributed by atoms with Crippen LogP contribution in [0.5, 0.6) is 0 Å². The van der Waals surface area contributed by atoms with Gasteiger partial charge in [-0.1, -0.05) is 71.7 Å². The van der Waals surface area contributed by atoms with E-state index in [1.165, 1.54) is 0 Å². The van der Waals surface area contributed by atoms with Crippen molar-refractivity contribution in [3.05, 3.63) is 106 Å². The van der Waals surface area contributed by atoms with E-state index in [2.05, 4.69) is 23.7 Å². The molecule has 0 heterocycles. The summed E-state index contributed by atoms with van der Waals surface area (Å²) in [5.41, 5.74) is 3.66. The Morgan fingerprint density at radius 1 is 0.522 bits per heavy atom. The molecule has 0 aliphatic carbocycles. The standard InChI is InChI=1S/C22H13Cl/c23-22-16-15-20(13-11-18-7-3-1-4-8-18)21(17-22)14-12-19-9-5-2-6-10-19/h1-10,15-17H. The molecule has 1 heteroatoms. The Labute approximate surface area is 141 Å². The molecule has 108 valence electrons. The maximum absolute atomic E-state index is 6.10. The average molecular weight is 313 g/mol. The van der Waals surface area contributed by atoms with E-state index < -0.39 is 0 Å². The molecular weight excluding hydrogens is 300 g/mol. The molecule has 0 spiro atoms. The van der Waals surface area contributed by atoms with Crippen LogP contribution in [0.2, 0.25) is 5.02 Å². The van der Waals surface area contributed by atoms with Crippen molar-refractivity contribution >= 4 is 11.6 Å². The summed E-state index contributed by atoms with van der Waals surface area (Å²) in [7, 11) is 0. The Morgan fingerprint density at radius 2 is 1.04 bits per heavy atom. The Balaban J connectivity index is 1.96. The minimum absolute atomic E-state index is 0.660. The van der Waals surface area contributed by atoms with Gasteiger partial charge in [-0.3, -0.25) is 0 Å². The maximum Gasteiger partial charge on any atom is 0.0420 e. The van der Waals surface area contributed by atoms with Crippen LogP contribution >= 0.6 is 11.6 Å². The first kappa shape index (κ1) is 15.0. The molecular formula is C22H13Cl. The number of rotatable bonds is 0. The van der Waals surface area contributed by atoms with Crippen LogP contribution in [-0.4, -0.2) is 0 Å². The van der Waals surface area contributed by atoms with E-state index in [-0.39, 0.29) is 0 Å². The predicted octanol–water partition coefficient (Wildman–Crippen LogP) is 5.14. The van der Waals surface area contributed by atoms with Gasteiger partial charge in [0.25, 0.3) is 0 Å². The highest BCUT2D eigenvalue weighted by Gasteiger charge is 1.98. The van der Waals surface area contributed by atoms with Crippen molar-refractivity contribution in [3.63, 3.8) is 0 Å². The van der Waals surface area contributed by atoms with Gasteiger partial charge in [-0.05, 0) is 42.5 Å². The first-order chi connectivity index (χ1) is 11.3. The minimum Gasteiger partial charge on any atom is -0.0843 e. The quantitative estimate of drug-likeness (QED) is 0.504. The zero-order chi connectivity index (χ0) is 15.9. The van der Waals surface area contributed by atoms with E-state index in [4.69, 9.17) is 11.6 Å². The number of hydrogen-bond donors (Lipinski definition) is 0. The van der Waals surface area contributed by atoms with Crippen LogP contribution in [0.1, 0.15) is 22.3 Å². The van der Waals surface area contributed by atoms with Crippen LogP contribution in [0.3, 0.4) is 0 Å². The SMILES string of the molecule is Clc1ccc(C#Cc2ccccc2)c(C#Cc2ccccc2)c1. The topological polar surface area (TPSA) is 0 Å². The molecule has 0 aliphatic rings. The van der Waals surface area contributed by atoms with Crippen LogP contribution in [-0.2, 0) is 0 Å². The van der Waals surface area contributed by atoms with Gasteiger partial charge < -0.3 is 0 Å². The molecule has 3 rings (SSSR count). The molecule has 0 aromatic heterocycles. The lowest BCUT2D eigenvalue weighted by Gasteiger charge is -1.98. The van der Waals surface area contributed by atoms with Gasteiger partial charge in [0.05, 0.1) is 0 Å². The van der Waals surface area contributed by atoms with E-state index in [9.17, 15) is 0 Å². The molecule has 0 unspecified atom stereocenters. The number of benzene rings is 3. The molecule has 0 radical (unpaired) electrons. The smallest absolute Gasteiger partial charge is 0.0420 e. The van der Waals surface area contributed by atoms with Gasteiger partial charge in [-0.15, -0.1) is 0 Å². The third kappa shape index (κ3) is 4.27. The van der Waals surface area contributed by atoms with Crippen molar-refractivity contribution in [1.82, 2.24) is 0 Å². The second kappa shape index (κ2) is 7.37. The summed E-state index contributed by atoms with van der Waals surface area (Å²) in [5, 5.41) is 0.660. The Hall–Kier alpha value is -2.93. The Kier molecular flexibility index (Phi) is 4.80. The van der Waals surface area contributed by atoms with Crippen LogP contribution in [0.4, 0.5) is 0 Å². The third-order valence-electron chi connectivity index (χ3n) is 3.21. The van der Waals surface area contributed by atoms with Crippen LogP contribution < -0.4 is 0 Å². The molecule has 3 aromatic carbocycles. The van der Waals surface area contributed by atoms with Gasteiger partial charge in [0.1, 0.15) is 0 Å². The molecule has 23 heavy (non-hydrogen) atoms. The first-order valence-electron chi connectivity index (χ1n) is 7.25. The van der Waals surface area contributed by atoms with Crippen molar-refractivity contribution in [1.29, 1.82) is 0 Å². The summed E-state index contributed by atoms with van der Waals surface area (Å²) >= 11 is 6.10. The Bertz CT molecular complexity index is 918. The number of hydrogen-bond acceptors (Lipinski definition) is 0. The highest BCUT2D eigenvalue weighted by Crippen LogP contribution is 2.15. The summed E-state index contributed by atoms with van der Waals surface area (Å²) in [6.45, 7) is 0. The van der Waals surface area contributed by atoms with E-state index in [0.717, 1.165) is 22.3 Å². The fourth-order valence-corrected chi connectivity index (χ4v) is 2.22. The third-order valence-corrected chi connectivity index (χ3v) is 3.45. The summed E-state index contributed by atoms with van der Waals surface area (Å²) in [6.07, 6.45) is 0. The molecule has 0 amide bonds. The normalized spacial score (nSPS) is 9.26. The van der Waals surface area contributed by atoms with E-state index in [1.54, 1.807) is 0 Å². The average Bonchev–Trinajstić information content (AvgIpc) is 2.61. The van der Waals surface area contributed by atoms with E-state index in [0.29, 0.717) is 5.02 Å². The van der Waals surface area contributed by atoms with Gasteiger partial charge in [0, 0.05) is 27.3 Å². The highest BCUT2D eigenvalue weighted by atomic mass is 35.5. The lowest BCUT2D eigenvalue weighted by molar-refractivity contribution is 1.57. The van der Waals surface area contributed by atoms with Gasteiger partial charge in [-0.2, -0.15) is 0 Å². The van der Waals surface area contributed by atoms with Crippen LogP contribution in [0.25, 0.3) is 0 Å². The fraction of sp³-hybridized carbons (Fsp3) is 0.